The van der Waals surface area contributed by atoms with E-state index in [9.17, 15) is 5.11 Å². The number of aliphatic hydroxyl groups is 1. The van der Waals surface area contributed by atoms with Crippen molar-refractivity contribution >= 4 is 0 Å². The van der Waals surface area contributed by atoms with Crippen LogP contribution in [0, 0.1) is 12.8 Å². The van der Waals surface area contributed by atoms with Gasteiger partial charge in [-0.05, 0) is 18.9 Å². The molecule has 0 aromatic heterocycles. The molecule has 0 saturated carbocycles. The van der Waals surface area contributed by atoms with Crippen LogP contribution in [0.4, 0.5) is 0 Å². The van der Waals surface area contributed by atoms with E-state index in [0.29, 0.717) is 0 Å². The largest absolute Gasteiger partial charge is 0.396 e. The quantitative estimate of drug-likeness (QED) is 0.777. The molecule has 1 N–H and O–H groups in total. The van der Waals surface area contributed by atoms with Crippen molar-refractivity contribution in [2.45, 2.75) is 19.4 Å². The van der Waals surface area contributed by atoms with Gasteiger partial charge in [0.2, 0.25) is 0 Å². The highest BCUT2D eigenvalue weighted by Gasteiger charge is 2.28. The summed E-state index contributed by atoms with van der Waals surface area (Å²) in [5.74, 6) is 0.275. The fraction of sp³-hybridized carbons (Fsp3) is 0.500. The average molecular weight is 192 g/mol. The van der Waals surface area contributed by atoms with E-state index in [2.05, 4.69) is 25.1 Å². The molecule has 2 unspecified atom stereocenters. The second-order valence-corrected chi connectivity index (χ2v) is 3.94. The monoisotopic (exact) mass is 192 g/mol. The molecule has 2 nitrogen and oxygen atoms in total. The highest BCUT2D eigenvalue weighted by atomic mass is 16.5. The molecule has 1 fully saturated rings. The summed E-state index contributed by atoms with van der Waals surface area (Å²) in [5, 5.41) is 9.19. The van der Waals surface area contributed by atoms with Crippen LogP contribution in [0.1, 0.15) is 23.7 Å². The van der Waals surface area contributed by atoms with Gasteiger partial charge in [0.25, 0.3) is 0 Å². The van der Waals surface area contributed by atoms with Crippen molar-refractivity contribution in [1.82, 2.24) is 0 Å². The molecule has 2 atom stereocenters. The maximum Gasteiger partial charge on any atom is 0.0875 e. The SMILES string of the molecule is Cc1cccc(C2OCCC2CO)c1. The average Bonchev–Trinajstić information content (AvgIpc) is 2.65. The Kier molecular flexibility index (Phi) is 2.85. The Balaban J connectivity index is 2.21. The van der Waals surface area contributed by atoms with Crippen LogP contribution in [-0.2, 0) is 4.74 Å². The molecule has 1 heterocycles. The summed E-state index contributed by atoms with van der Waals surface area (Å²) in [6.45, 7) is 3.06. The Bertz CT molecular complexity index is 309. The van der Waals surface area contributed by atoms with Gasteiger partial charge in [0.05, 0.1) is 6.10 Å². The van der Waals surface area contributed by atoms with Crippen LogP contribution in [-0.4, -0.2) is 18.3 Å². The third-order valence-corrected chi connectivity index (χ3v) is 2.82. The number of hydrogen-bond acceptors (Lipinski definition) is 2. The molecule has 1 aliphatic rings. The van der Waals surface area contributed by atoms with Gasteiger partial charge in [0.15, 0.2) is 0 Å². The van der Waals surface area contributed by atoms with Crippen LogP contribution in [0.15, 0.2) is 24.3 Å². The summed E-state index contributed by atoms with van der Waals surface area (Å²) in [6.07, 6.45) is 1.06. The Morgan fingerprint density at radius 3 is 3.07 bits per heavy atom. The zero-order valence-corrected chi connectivity index (χ0v) is 8.44. The lowest BCUT2D eigenvalue weighted by Gasteiger charge is -2.16. The van der Waals surface area contributed by atoms with Gasteiger partial charge in [-0.2, -0.15) is 0 Å². The number of ether oxygens (including phenoxy) is 1. The van der Waals surface area contributed by atoms with E-state index in [0.717, 1.165) is 13.0 Å². The third kappa shape index (κ3) is 1.81. The van der Waals surface area contributed by atoms with Crippen LogP contribution in [0.25, 0.3) is 0 Å². The minimum absolute atomic E-state index is 0.0971. The van der Waals surface area contributed by atoms with E-state index < -0.39 is 0 Å². The smallest absolute Gasteiger partial charge is 0.0875 e. The molecule has 0 bridgehead atoms. The van der Waals surface area contributed by atoms with E-state index in [1.807, 2.05) is 6.07 Å². The van der Waals surface area contributed by atoms with Gasteiger partial charge < -0.3 is 9.84 Å². The summed E-state index contributed by atoms with van der Waals surface area (Å²) in [6, 6.07) is 8.33. The van der Waals surface area contributed by atoms with Gasteiger partial charge >= 0.3 is 0 Å². The van der Waals surface area contributed by atoms with Crippen LogP contribution < -0.4 is 0 Å². The molecule has 1 aliphatic heterocycles. The lowest BCUT2D eigenvalue weighted by Crippen LogP contribution is -2.11. The van der Waals surface area contributed by atoms with E-state index >= 15 is 0 Å². The van der Waals surface area contributed by atoms with Crippen molar-refractivity contribution < 1.29 is 9.84 Å². The second kappa shape index (κ2) is 4.11. The Morgan fingerprint density at radius 1 is 1.50 bits per heavy atom. The molecule has 1 saturated heterocycles. The zero-order chi connectivity index (χ0) is 9.97. The first-order valence-corrected chi connectivity index (χ1v) is 5.10. The van der Waals surface area contributed by atoms with Crippen LogP contribution >= 0.6 is 0 Å². The van der Waals surface area contributed by atoms with Gasteiger partial charge in [-0.3, -0.25) is 0 Å². The van der Waals surface area contributed by atoms with Crippen molar-refractivity contribution in [2.24, 2.45) is 5.92 Å². The van der Waals surface area contributed by atoms with Crippen molar-refractivity contribution in [3.63, 3.8) is 0 Å². The lowest BCUT2D eigenvalue weighted by molar-refractivity contribution is 0.0720. The predicted octanol–water partition coefficient (Wildman–Crippen LogP) is 2.06. The van der Waals surface area contributed by atoms with Gasteiger partial charge in [-0.25, -0.2) is 0 Å². The normalized spacial score (nSPS) is 26.7. The molecule has 14 heavy (non-hydrogen) atoms. The van der Waals surface area contributed by atoms with E-state index in [-0.39, 0.29) is 18.6 Å². The van der Waals surface area contributed by atoms with E-state index in [1.165, 1.54) is 11.1 Å². The third-order valence-electron chi connectivity index (χ3n) is 2.82. The summed E-state index contributed by atoms with van der Waals surface area (Å²) >= 11 is 0. The Labute approximate surface area is 84.5 Å². The molecule has 0 amide bonds. The van der Waals surface area contributed by atoms with Crippen molar-refractivity contribution in [2.75, 3.05) is 13.2 Å². The molecule has 1 aromatic rings. The summed E-state index contributed by atoms with van der Waals surface area (Å²) in [4.78, 5) is 0. The molecule has 1 aromatic carbocycles. The predicted molar refractivity (Wildman–Crippen MR) is 55.1 cm³/mol. The maximum atomic E-state index is 9.19. The van der Waals surface area contributed by atoms with Gasteiger partial charge in [-0.15, -0.1) is 0 Å². The minimum atomic E-state index is 0.0971. The van der Waals surface area contributed by atoms with Crippen molar-refractivity contribution in [3.8, 4) is 0 Å². The van der Waals surface area contributed by atoms with Crippen LogP contribution in [0.5, 0.6) is 0 Å². The second-order valence-electron chi connectivity index (χ2n) is 3.94. The number of aryl methyl sites for hydroxylation is 1. The van der Waals surface area contributed by atoms with Crippen LogP contribution in [0.2, 0.25) is 0 Å². The topological polar surface area (TPSA) is 29.5 Å². The minimum Gasteiger partial charge on any atom is -0.396 e. The molecule has 2 heteroatoms. The Morgan fingerprint density at radius 2 is 2.36 bits per heavy atom. The van der Waals surface area contributed by atoms with E-state index in [4.69, 9.17) is 4.74 Å². The van der Waals surface area contributed by atoms with Crippen molar-refractivity contribution in [1.29, 1.82) is 0 Å². The lowest BCUT2D eigenvalue weighted by atomic mass is 9.95. The summed E-state index contributed by atoms with van der Waals surface area (Å²) < 4.78 is 5.64. The number of benzene rings is 1. The molecule has 2 rings (SSSR count). The highest BCUT2D eigenvalue weighted by Crippen LogP contribution is 2.34. The summed E-state index contributed by atoms with van der Waals surface area (Å²) in [7, 11) is 0. The number of aliphatic hydroxyl groups excluding tert-OH is 1. The molecular formula is C12H16O2. The van der Waals surface area contributed by atoms with Gasteiger partial charge in [0.1, 0.15) is 0 Å². The standard InChI is InChI=1S/C12H16O2/c1-9-3-2-4-10(7-9)12-11(8-13)5-6-14-12/h2-4,7,11-13H,5-6,8H2,1H3. The number of hydrogen-bond donors (Lipinski definition) is 1. The van der Waals surface area contributed by atoms with Gasteiger partial charge in [0, 0.05) is 19.1 Å². The fourth-order valence-electron chi connectivity index (χ4n) is 2.04. The molecule has 0 spiro atoms. The maximum absolute atomic E-state index is 9.19. The first-order valence-electron chi connectivity index (χ1n) is 5.10. The zero-order valence-electron chi connectivity index (χ0n) is 8.44. The Hall–Kier alpha value is -0.860. The van der Waals surface area contributed by atoms with Crippen LogP contribution in [0.3, 0.4) is 0 Å². The molecule has 0 radical (unpaired) electrons. The highest BCUT2D eigenvalue weighted by molar-refractivity contribution is 5.25. The first-order chi connectivity index (χ1) is 6.81. The van der Waals surface area contributed by atoms with E-state index in [1.54, 1.807) is 0 Å². The first kappa shape index (κ1) is 9.69. The molecular weight excluding hydrogens is 176 g/mol. The fourth-order valence-corrected chi connectivity index (χ4v) is 2.04. The molecule has 0 aliphatic carbocycles. The van der Waals surface area contributed by atoms with Crippen molar-refractivity contribution in [3.05, 3.63) is 35.4 Å². The number of rotatable bonds is 2. The summed E-state index contributed by atoms with van der Waals surface area (Å²) in [5.41, 5.74) is 2.44. The molecule has 76 valence electrons. The van der Waals surface area contributed by atoms with Gasteiger partial charge in [-0.1, -0.05) is 29.8 Å².